The van der Waals surface area contributed by atoms with Crippen LogP contribution in [0.5, 0.6) is 0 Å². The number of hydrogen-bond donors (Lipinski definition) is 1. The molecule has 0 saturated heterocycles. The van der Waals surface area contributed by atoms with Gasteiger partial charge in [0.25, 0.3) is 0 Å². The van der Waals surface area contributed by atoms with Gasteiger partial charge in [-0.1, -0.05) is 13.8 Å². The van der Waals surface area contributed by atoms with Gasteiger partial charge in [0.1, 0.15) is 5.76 Å². The Balaban J connectivity index is 2.26. The van der Waals surface area contributed by atoms with E-state index in [0.717, 1.165) is 24.1 Å². The molecule has 0 spiro atoms. The second-order valence-electron chi connectivity index (χ2n) is 4.28. The fourth-order valence-corrected chi connectivity index (χ4v) is 1.54. The Bertz CT molecular complexity index is 268. The second-order valence-corrected chi connectivity index (χ2v) is 4.28. The van der Waals surface area contributed by atoms with Crippen LogP contribution >= 0.6 is 0 Å². The van der Waals surface area contributed by atoms with E-state index in [2.05, 4.69) is 31.1 Å². The van der Waals surface area contributed by atoms with Gasteiger partial charge in [0.15, 0.2) is 0 Å². The van der Waals surface area contributed by atoms with E-state index in [1.54, 1.807) is 6.20 Å². The fraction of sp³-hybridized carbons (Fsp3) is 0.727. The second kappa shape index (κ2) is 5.15. The van der Waals surface area contributed by atoms with Crippen LogP contribution in [0.4, 0.5) is 0 Å². The summed E-state index contributed by atoms with van der Waals surface area (Å²) in [6.45, 7) is 9.28. The highest BCUT2D eigenvalue weighted by molar-refractivity contribution is 4.90. The number of aromatic nitrogens is 1. The first-order valence-corrected chi connectivity index (χ1v) is 5.22. The van der Waals surface area contributed by atoms with E-state index in [-0.39, 0.29) is 0 Å². The first kappa shape index (κ1) is 11.2. The lowest BCUT2D eigenvalue weighted by atomic mass is 10.1. The summed E-state index contributed by atoms with van der Waals surface area (Å²) in [6, 6.07) is 0.516. The van der Waals surface area contributed by atoms with Crippen LogP contribution in [0.1, 0.15) is 38.8 Å². The molecule has 0 aliphatic heterocycles. The average molecular weight is 196 g/mol. The molecule has 1 N–H and O–H groups in total. The van der Waals surface area contributed by atoms with Crippen LogP contribution in [0.2, 0.25) is 0 Å². The van der Waals surface area contributed by atoms with Crippen LogP contribution in [0, 0.1) is 12.8 Å². The van der Waals surface area contributed by atoms with Gasteiger partial charge in [0, 0.05) is 6.04 Å². The highest BCUT2D eigenvalue weighted by Gasteiger charge is 2.06. The molecular weight excluding hydrogens is 176 g/mol. The number of rotatable bonds is 5. The maximum absolute atomic E-state index is 5.37. The predicted octanol–water partition coefficient (Wildman–Crippen LogP) is 2.51. The maximum Gasteiger partial charge on any atom is 0.208 e. The van der Waals surface area contributed by atoms with Crippen molar-refractivity contribution in [2.45, 2.75) is 46.7 Å². The van der Waals surface area contributed by atoms with Gasteiger partial charge >= 0.3 is 0 Å². The molecule has 0 amide bonds. The smallest absolute Gasteiger partial charge is 0.208 e. The molecule has 80 valence electrons. The van der Waals surface area contributed by atoms with E-state index in [9.17, 15) is 0 Å². The molecule has 1 unspecified atom stereocenters. The Morgan fingerprint density at radius 2 is 2.14 bits per heavy atom. The zero-order valence-corrected chi connectivity index (χ0v) is 9.50. The molecule has 3 heteroatoms. The molecule has 1 aromatic heterocycles. The van der Waals surface area contributed by atoms with Crippen molar-refractivity contribution in [3.63, 3.8) is 0 Å². The van der Waals surface area contributed by atoms with Gasteiger partial charge in [-0.3, -0.25) is 0 Å². The molecule has 0 aliphatic rings. The summed E-state index contributed by atoms with van der Waals surface area (Å²) in [5, 5.41) is 3.39. The zero-order valence-electron chi connectivity index (χ0n) is 9.50. The topological polar surface area (TPSA) is 38.1 Å². The maximum atomic E-state index is 5.37. The Labute approximate surface area is 85.9 Å². The molecule has 1 atom stereocenters. The average Bonchev–Trinajstić information content (AvgIpc) is 2.47. The molecule has 0 radical (unpaired) electrons. The van der Waals surface area contributed by atoms with Crippen LogP contribution in [0.15, 0.2) is 10.6 Å². The van der Waals surface area contributed by atoms with Crippen molar-refractivity contribution in [2.75, 3.05) is 0 Å². The molecular formula is C11H20N2O. The molecule has 1 heterocycles. The summed E-state index contributed by atoms with van der Waals surface area (Å²) >= 11 is 0. The van der Waals surface area contributed by atoms with Gasteiger partial charge in [-0.2, -0.15) is 0 Å². The highest BCUT2D eigenvalue weighted by Crippen LogP contribution is 2.05. The third-order valence-corrected chi connectivity index (χ3v) is 2.10. The van der Waals surface area contributed by atoms with Crippen molar-refractivity contribution in [1.29, 1.82) is 0 Å². The molecule has 0 aromatic carbocycles. The number of aryl methyl sites for hydroxylation is 1. The molecule has 1 aromatic rings. The zero-order chi connectivity index (χ0) is 10.6. The molecule has 0 aliphatic carbocycles. The van der Waals surface area contributed by atoms with E-state index in [1.165, 1.54) is 6.42 Å². The summed E-state index contributed by atoms with van der Waals surface area (Å²) in [7, 11) is 0. The lowest BCUT2D eigenvalue weighted by molar-refractivity contribution is 0.396. The predicted molar refractivity (Wildman–Crippen MR) is 57.0 cm³/mol. The highest BCUT2D eigenvalue weighted by atomic mass is 16.4. The van der Waals surface area contributed by atoms with E-state index >= 15 is 0 Å². The normalized spacial score (nSPS) is 13.5. The quantitative estimate of drug-likeness (QED) is 0.786. The summed E-state index contributed by atoms with van der Waals surface area (Å²) in [5.74, 6) is 2.38. The monoisotopic (exact) mass is 196 g/mol. The van der Waals surface area contributed by atoms with E-state index in [0.29, 0.717) is 6.04 Å². The van der Waals surface area contributed by atoms with Crippen molar-refractivity contribution in [3.05, 3.63) is 17.8 Å². The van der Waals surface area contributed by atoms with Crippen molar-refractivity contribution < 1.29 is 4.42 Å². The van der Waals surface area contributed by atoms with E-state index in [1.807, 2.05) is 6.92 Å². The third kappa shape index (κ3) is 3.92. The number of nitrogens with zero attached hydrogens (tertiary/aromatic N) is 1. The number of nitrogens with one attached hydrogen (secondary N) is 1. The molecule has 0 fully saturated rings. The van der Waals surface area contributed by atoms with Crippen molar-refractivity contribution in [2.24, 2.45) is 5.92 Å². The Kier molecular flexibility index (Phi) is 4.14. The van der Waals surface area contributed by atoms with Gasteiger partial charge < -0.3 is 9.73 Å². The first-order chi connectivity index (χ1) is 6.58. The van der Waals surface area contributed by atoms with Crippen LogP contribution in [0.25, 0.3) is 0 Å². The lowest BCUT2D eigenvalue weighted by Gasteiger charge is -2.14. The van der Waals surface area contributed by atoms with Gasteiger partial charge in [0.05, 0.1) is 12.7 Å². The Hall–Kier alpha value is -0.830. The lowest BCUT2D eigenvalue weighted by Crippen LogP contribution is -2.26. The molecule has 1 rings (SSSR count). The minimum absolute atomic E-state index is 0.516. The minimum atomic E-state index is 0.516. The van der Waals surface area contributed by atoms with Crippen LogP contribution in [-0.4, -0.2) is 11.0 Å². The number of hydrogen-bond acceptors (Lipinski definition) is 3. The van der Waals surface area contributed by atoms with Gasteiger partial charge in [-0.15, -0.1) is 0 Å². The molecule has 14 heavy (non-hydrogen) atoms. The van der Waals surface area contributed by atoms with E-state index in [4.69, 9.17) is 4.42 Å². The molecule has 3 nitrogen and oxygen atoms in total. The summed E-state index contributed by atoms with van der Waals surface area (Å²) in [4.78, 5) is 4.14. The van der Waals surface area contributed by atoms with Crippen LogP contribution < -0.4 is 5.32 Å². The summed E-state index contributed by atoms with van der Waals surface area (Å²) < 4.78 is 5.37. The van der Waals surface area contributed by atoms with Crippen molar-refractivity contribution in [3.8, 4) is 0 Å². The number of oxazole rings is 1. The Morgan fingerprint density at radius 3 is 2.64 bits per heavy atom. The summed E-state index contributed by atoms with van der Waals surface area (Å²) in [5.41, 5.74) is 0. The van der Waals surface area contributed by atoms with Crippen LogP contribution in [0.3, 0.4) is 0 Å². The van der Waals surface area contributed by atoms with Gasteiger partial charge in [0.2, 0.25) is 5.89 Å². The van der Waals surface area contributed by atoms with Gasteiger partial charge in [-0.05, 0) is 26.2 Å². The SMILES string of the molecule is Cc1cnc(CNC(C)CC(C)C)o1. The summed E-state index contributed by atoms with van der Waals surface area (Å²) in [6.07, 6.45) is 2.93. The largest absolute Gasteiger partial charge is 0.445 e. The Morgan fingerprint density at radius 1 is 1.43 bits per heavy atom. The van der Waals surface area contributed by atoms with Crippen molar-refractivity contribution in [1.82, 2.24) is 10.3 Å². The third-order valence-electron chi connectivity index (χ3n) is 2.10. The van der Waals surface area contributed by atoms with E-state index < -0.39 is 0 Å². The standard InChI is InChI=1S/C11H20N2O/c1-8(2)5-9(3)12-7-11-13-6-10(4)14-11/h6,8-9,12H,5,7H2,1-4H3. The minimum Gasteiger partial charge on any atom is -0.445 e. The molecule has 0 bridgehead atoms. The fourth-order valence-electron chi connectivity index (χ4n) is 1.54. The first-order valence-electron chi connectivity index (χ1n) is 5.22. The molecule has 0 saturated carbocycles. The van der Waals surface area contributed by atoms with Crippen molar-refractivity contribution >= 4 is 0 Å². The van der Waals surface area contributed by atoms with Gasteiger partial charge in [-0.25, -0.2) is 4.98 Å². The van der Waals surface area contributed by atoms with Crippen LogP contribution in [-0.2, 0) is 6.54 Å².